The Morgan fingerprint density at radius 2 is 0.767 bits per heavy atom. The summed E-state index contributed by atoms with van der Waals surface area (Å²) in [4.78, 5) is 26.7. The highest BCUT2D eigenvalue weighted by molar-refractivity contribution is 5.80. The van der Waals surface area contributed by atoms with Crippen molar-refractivity contribution in [3.8, 4) is 0 Å². The lowest BCUT2D eigenvalue weighted by Gasteiger charge is -2.41. The van der Waals surface area contributed by atoms with Gasteiger partial charge in [-0.05, 0) is 103 Å². The Kier molecular flexibility index (Phi) is 62.1. The molecule has 0 spiro atoms. The van der Waals surface area contributed by atoms with Gasteiger partial charge in [0.25, 0.3) is 0 Å². The second-order valence-electron chi connectivity index (χ2n) is 26.0. The van der Waals surface area contributed by atoms with Crippen LogP contribution in [0.15, 0.2) is 85.1 Å². The third kappa shape index (κ3) is 52.2. The molecule has 1 rings (SSSR count). The van der Waals surface area contributed by atoms with Crippen molar-refractivity contribution in [3.63, 3.8) is 0 Å². The molecule has 0 aromatic rings. The minimum absolute atomic E-state index is 0.118. The molecule has 11 nitrogen and oxygen atoms in total. The van der Waals surface area contributed by atoms with Crippen molar-refractivity contribution in [2.24, 2.45) is 0 Å². The van der Waals surface area contributed by atoms with E-state index in [2.05, 4.69) is 99.0 Å². The number of aliphatic hydroxyl groups excluding tert-OH is 5. The normalized spacial score (nSPS) is 18.5. The highest BCUT2D eigenvalue weighted by atomic mass is 16.7. The molecule has 8 unspecified atom stereocenters. The Bertz CT molecular complexity index is 1790. The van der Waals surface area contributed by atoms with E-state index in [4.69, 9.17) is 14.2 Å². The Labute approximate surface area is 553 Å². The van der Waals surface area contributed by atoms with Crippen molar-refractivity contribution in [2.75, 3.05) is 13.2 Å². The first-order chi connectivity index (χ1) is 44.2. The zero-order valence-corrected chi connectivity index (χ0v) is 58.2. The molecule has 1 aliphatic heterocycles. The van der Waals surface area contributed by atoms with E-state index >= 15 is 0 Å². The lowest BCUT2D eigenvalue weighted by Crippen LogP contribution is -2.61. The summed E-state index contributed by atoms with van der Waals surface area (Å²) in [5.74, 6) is -1.19. The number of hydrogen-bond donors (Lipinski definition) is 6. The number of hydrogen-bond acceptors (Lipinski definition) is 10. The van der Waals surface area contributed by atoms with Crippen LogP contribution >= 0.6 is 0 Å². The third-order valence-electron chi connectivity index (χ3n) is 17.5. The van der Waals surface area contributed by atoms with Crippen LogP contribution in [0.5, 0.6) is 0 Å². The molecule has 1 heterocycles. The molecule has 0 aromatic carbocycles. The van der Waals surface area contributed by atoms with Crippen molar-refractivity contribution >= 4 is 11.9 Å². The van der Waals surface area contributed by atoms with Gasteiger partial charge in [0, 0.05) is 6.42 Å². The lowest BCUT2D eigenvalue weighted by molar-refractivity contribution is -0.305. The average molecular weight is 1260 g/mol. The maximum Gasteiger partial charge on any atom is 0.306 e. The molecular weight excluding hydrogens is 1120 g/mol. The number of carbonyl (C=O) groups excluding carboxylic acids is 2. The maximum absolute atomic E-state index is 13.5. The van der Waals surface area contributed by atoms with E-state index in [-0.39, 0.29) is 19.4 Å². The van der Waals surface area contributed by atoms with E-state index in [1.807, 2.05) is 6.08 Å². The Balaban J connectivity index is 2.53. The summed E-state index contributed by atoms with van der Waals surface area (Å²) in [5, 5.41) is 57.4. The average Bonchev–Trinajstić information content (AvgIpc) is 3.71. The van der Waals surface area contributed by atoms with Crippen molar-refractivity contribution in [3.05, 3.63) is 85.1 Å². The largest absolute Gasteiger partial charge is 0.454 e. The van der Waals surface area contributed by atoms with Gasteiger partial charge in [0.15, 0.2) is 12.4 Å². The molecule has 0 saturated carbocycles. The predicted octanol–water partition coefficient (Wildman–Crippen LogP) is 20.0. The minimum Gasteiger partial charge on any atom is -0.454 e. The van der Waals surface area contributed by atoms with Crippen LogP contribution in [-0.2, 0) is 23.8 Å². The number of ether oxygens (including phenoxy) is 3. The van der Waals surface area contributed by atoms with Crippen LogP contribution in [0, 0.1) is 0 Å². The summed E-state index contributed by atoms with van der Waals surface area (Å²) in [6.45, 7) is 5.78. The van der Waals surface area contributed by atoms with Gasteiger partial charge in [-0.15, -0.1) is 0 Å². The Hall–Kier alpha value is -3.16. The lowest BCUT2D eigenvalue weighted by atomic mass is 9.99. The minimum atomic E-state index is -1.62. The number of esters is 1. The van der Waals surface area contributed by atoms with Gasteiger partial charge in [-0.1, -0.05) is 318 Å². The SMILES string of the molecule is CCCCC/C=C\C/C=C\C/C=C\C/C=C\CCCCCCCCCCCCCC(=O)OC1C(OCC(NC(=O)C(O)CCCCCCCCCCCCCC/C=C\C/C=C\CCCCC)C(O)/C=C/CCCCCCCCCCCC)OC(CO)C(O)C1O. The van der Waals surface area contributed by atoms with E-state index in [0.29, 0.717) is 12.8 Å². The molecule has 6 N–H and O–H groups in total. The standard InChI is InChI=1S/C79H141NO10/c1-4-7-10-13-16-19-22-25-27-29-31-33-35-36-37-38-39-41-43-45-47-49-52-55-58-61-64-67-74(84)90-77-76(86)75(85)73(68-81)89-79(77)88-69-70(71(82)65-62-59-56-53-50-24-21-18-15-12-9-6-3)80-78(87)72(83)66-63-60-57-54-51-48-46-44-42-40-34-32-30-28-26-23-20-17-14-11-8-5-2/h16-17,19-20,25-28,31,33,36-37,62,65,70-73,75-77,79,81-83,85-86H,4-15,18,21-24,29-30,32,34-35,38-61,63-64,66-69H2,1-3H3,(H,80,87)/b19-16-,20-17-,27-25-,28-26-,33-31-,37-36-,65-62+. The Morgan fingerprint density at radius 1 is 0.433 bits per heavy atom. The van der Waals surface area contributed by atoms with Crippen molar-refractivity contribution in [2.45, 2.75) is 391 Å². The third-order valence-corrected chi connectivity index (χ3v) is 17.5. The number of unbranched alkanes of at least 4 members (excludes halogenated alkanes) is 39. The highest BCUT2D eigenvalue weighted by Gasteiger charge is 2.47. The van der Waals surface area contributed by atoms with E-state index in [1.54, 1.807) is 6.08 Å². The molecule has 1 fully saturated rings. The molecule has 0 bridgehead atoms. The summed E-state index contributed by atoms with van der Waals surface area (Å²) in [7, 11) is 0. The van der Waals surface area contributed by atoms with Gasteiger partial charge in [-0.3, -0.25) is 9.59 Å². The zero-order valence-electron chi connectivity index (χ0n) is 58.2. The summed E-state index contributed by atoms with van der Waals surface area (Å²) in [6, 6.07) is -1.03. The van der Waals surface area contributed by atoms with Crippen LogP contribution in [0.3, 0.4) is 0 Å². The van der Waals surface area contributed by atoms with Gasteiger partial charge in [-0.25, -0.2) is 0 Å². The highest BCUT2D eigenvalue weighted by Crippen LogP contribution is 2.26. The fourth-order valence-corrected chi connectivity index (χ4v) is 11.6. The first-order valence-corrected chi connectivity index (χ1v) is 37.9. The smallest absolute Gasteiger partial charge is 0.306 e. The van der Waals surface area contributed by atoms with Crippen molar-refractivity contribution in [1.82, 2.24) is 5.32 Å². The fraction of sp³-hybridized carbons (Fsp3) is 0.797. The molecule has 0 aromatic heterocycles. The van der Waals surface area contributed by atoms with E-state index in [1.165, 1.54) is 205 Å². The summed E-state index contributed by atoms with van der Waals surface area (Å²) in [6.07, 6.45) is 77.6. The molecule has 0 aliphatic carbocycles. The number of rotatable bonds is 65. The van der Waals surface area contributed by atoms with Gasteiger partial charge in [0.1, 0.15) is 24.4 Å². The number of allylic oxidation sites excluding steroid dienone is 13. The van der Waals surface area contributed by atoms with Gasteiger partial charge in [-0.2, -0.15) is 0 Å². The molecule has 1 aliphatic rings. The molecule has 90 heavy (non-hydrogen) atoms. The van der Waals surface area contributed by atoms with E-state index in [9.17, 15) is 35.1 Å². The monoisotopic (exact) mass is 1260 g/mol. The van der Waals surface area contributed by atoms with Gasteiger partial charge in [0.2, 0.25) is 5.91 Å². The first-order valence-electron chi connectivity index (χ1n) is 37.9. The van der Waals surface area contributed by atoms with Crippen LogP contribution in [-0.4, -0.2) is 99.6 Å². The zero-order chi connectivity index (χ0) is 65.3. The molecular formula is C79H141NO10. The summed E-state index contributed by atoms with van der Waals surface area (Å²) < 4.78 is 17.7. The van der Waals surface area contributed by atoms with E-state index < -0.39 is 67.4 Å². The molecule has 1 saturated heterocycles. The molecule has 8 atom stereocenters. The number of amides is 1. The quantitative estimate of drug-likeness (QED) is 0.0195. The first kappa shape index (κ1) is 84.9. The van der Waals surface area contributed by atoms with Gasteiger partial charge >= 0.3 is 5.97 Å². The Morgan fingerprint density at radius 3 is 1.17 bits per heavy atom. The van der Waals surface area contributed by atoms with Crippen LogP contribution in [0.2, 0.25) is 0 Å². The molecule has 522 valence electrons. The maximum atomic E-state index is 13.5. The number of nitrogens with one attached hydrogen (secondary N) is 1. The van der Waals surface area contributed by atoms with Crippen LogP contribution in [0.4, 0.5) is 0 Å². The van der Waals surface area contributed by atoms with E-state index in [0.717, 1.165) is 89.9 Å². The molecule has 0 radical (unpaired) electrons. The summed E-state index contributed by atoms with van der Waals surface area (Å²) >= 11 is 0. The van der Waals surface area contributed by atoms with Crippen LogP contribution in [0.25, 0.3) is 0 Å². The topological polar surface area (TPSA) is 175 Å². The van der Waals surface area contributed by atoms with Gasteiger partial charge in [0.05, 0.1) is 25.4 Å². The second kappa shape index (κ2) is 65.9. The molecule has 11 heteroatoms. The van der Waals surface area contributed by atoms with Crippen molar-refractivity contribution < 1.29 is 49.3 Å². The number of aliphatic hydroxyl groups is 5. The van der Waals surface area contributed by atoms with Crippen LogP contribution < -0.4 is 5.32 Å². The fourth-order valence-electron chi connectivity index (χ4n) is 11.6. The second-order valence-corrected chi connectivity index (χ2v) is 26.0. The predicted molar refractivity (Wildman–Crippen MR) is 379 cm³/mol. The summed E-state index contributed by atoms with van der Waals surface area (Å²) in [5.41, 5.74) is 0. The number of carbonyl (C=O) groups is 2. The molecule has 1 amide bonds. The van der Waals surface area contributed by atoms with Crippen molar-refractivity contribution in [1.29, 1.82) is 0 Å². The van der Waals surface area contributed by atoms with Gasteiger partial charge < -0.3 is 45.1 Å². The van der Waals surface area contributed by atoms with Crippen LogP contribution in [0.1, 0.15) is 342 Å².